The fourth-order valence-electron chi connectivity index (χ4n) is 2.94. The topological polar surface area (TPSA) is 47.6 Å². The molecule has 2 aliphatic rings. The van der Waals surface area contributed by atoms with E-state index in [4.69, 9.17) is 9.57 Å². The van der Waals surface area contributed by atoms with Crippen molar-refractivity contribution in [2.24, 2.45) is 0 Å². The first-order valence-corrected chi connectivity index (χ1v) is 8.20. The van der Waals surface area contributed by atoms with Gasteiger partial charge in [-0.2, -0.15) is 0 Å². The molecular weight excluding hydrogens is 314 g/mol. The molecule has 0 saturated carbocycles. The van der Waals surface area contributed by atoms with E-state index in [2.05, 4.69) is 11.5 Å². The number of aryl methyl sites for hydroxylation is 1. The molecule has 0 bridgehead atoms. The Kier molecular flexibility index (Phi) is 4.09. The Morgan fingerprint density at radius 2 is 1.72 bits per heavy atom. The maximum Gasteiger partial charge on any atom is 0.311 e. The van der Waals surface area contributed by atoms with Gasteiger partial charge in [-0.15, -0.1) is 0 Å². The molecule has 2 aliphatic heterocycles. The van der Waals surface area contributed by atoms with Gasteiger partial charge < -0.3 is 9.57 Å². The van der Waals surface area contributed by atoms with Crippen LogP contribution in [0.4, 0.5) is 0 Å². The lowest BCUT2D eigenvalue weighted by Gasteiger charge is -2.17. The van der Waals surface area contributed by atoms with Crippen molar-refractivity contribution in [2.45, 2.75) is 12.8 Å². The lowest BCUT2D eigenvalue weighted by Crippen LogP contribution is -2.15. The van der Waals surface area contributed by atoms with Crippen molar-refractivity contribution in [1.82, 2.24) is 5.48 Å². The van der Waals surface area contributed by atoms with Gasteiger partial charge in [-0.05, 0) is 29.5 Å². The maximum atomic E-state index is 11.2. The summed E-state index contributed by atoms with van der Waals surface area (Å²) in [7, 11) is 0. The Morgan fingerprint density at radius 1 is 0.880 bits per heavy atom. The third-order valence-corrected chi connectivity index (χ3v) is 4.19. The number of nitrogens with one attached hydrogen (secondary N) is 1. The number of carbonyl (C=O) groups excluding carboxylic acids is 1. The molecule has 0 fully saturated rings. The predicted octanol–water partition coefficient (Wildman–Crippen LogP) is 4.25. The molecule has 0 radical (unpaired) electrons. The molecule has 0 atom stereocenters. The average molecular weight is 331 g/mol. The average Bonchev–Trinajstić information content (AvgIpc) is 2.68. The van der Waals surface area contributed by atoms with E-state index in [9.17, 15) is 4.79 Å². The third kappa shape index (κ3) is 3.19. The van der Waals surface area contributed by atoms with E-state index in [1.807, 2.05) is 60.7 Å². The summed E-state index contributed by atoms with van der Waals surface area (Å²) in [4.78, 5) is 16.3. The first-order chi connectivity index (χ1) is 12.3. The summed E-state index contributed by atoms with van der Waals surface area (Å²) in [5, 5.41) is 2.15. The van der Waals surface area contributed by atoms with Crippen molar-refractivity contribution >= 4 is 22.8 Å². The highest BCUT2D eigenvalue weighted by Gasteiger charge is 2.18. The molecule has 0 amide bonds. The number of hydroxylamine groups is 1. The molecular formula is C21H17NO3. The third-order valence-electron chi connectivity index (χ3n) is 4.19. The number of ether oxygens (including phenoxy) is 1. The van der Waals surface area contributed by atoms with E-state index in [0.717, 1.165) is 39.8 Å². The van der Waals surface area contributed by atoms with Crippen LogP contribution in [0, 0.1) is 0 Å². The molecule has 2 heterocycles. The van der Waals surface area contributed by atoms with Crippen LogP contribution in [0.5, 0.6) is 11.5 Å². The number of hydrogen-bond donors (Lipinski definition) is 1. The second-order valence-corrected chi connectivity index (χ2v) is 5.84. The van der Waals surface area contributed by atoms with Crippen molar-refractivity contribution in [3.05, 3.63) is 78.0 Å². The predicted molar refractivity (Wildman–Crippen MR) is 97.1 cm³/mol. The number of benzene rings is 3. The SMILES string of the molecule is C1=Cc2ccccc2ON1.O=C1CCc2ccc3ccccc3c2O1. The monoisotopic (exact) mass is 331 g/mol. The van der Waals surface area contributed by atoms with E-state index in [0.29, 0.717) is 6.42 Å². The van der Waals surface area contributed by atoms with Gasteiger partial charge >= 0.3 is 5.97 Å². The van der Waals surface area contributed by atoms with Gasteiger partial charge in [-0.1, -0.05) is 54.6 Å². The van der Waals surface area contributed by atoms with Gasteiger partial charge in [-0.25, -0.2) is 5.48 Å². The number of rotatable bonds is 0. The molecule has 0 spiro atoms. The van der Waals surface area contributed by atoms with Crippen LogP contribution in [0.2, 0.25) is 0 Å². The molecule has 0 saturated heterocycles. The summed E-state index contributed by atoms with van der Waals surface area (Å²) >= 11 is 0. The Morgan fingerprint density at radius 3 is 2.64 bits per heavy atom. The Bertz CT molecular complexity index is 962. The van der Waals surface area contributed by atoms with Crippen LogP contribution in [0.1, 0.15) is 17.5 Å². The normalized spacial score (nSPS) is 14.2. The minimum Gasteiger partial charge on any atom is -0.426 e. The molecule has 0 unspecified atom stereocenters. The fraction of sp³-hybridized carbons (Fsp3) is 0.0952. The summed E-state index contributed by atoms with van der Waals surface area (Å²) in [5.74, 6) is 1.51. The smallest absolute Gasteiger partial charge is 0.311 e. The van der Waals surface area contributed by atoms with Crippen molar-refractivity contribution in [3.63, 3.8) is 0 Å². The zero-order valence-corrected chi connectivity index (χ0v) is 13.6. The van der Waals surface area contributed by atoms with Crippen molar-refractivity contribution in [1.29, 1.82) is 0 Å². The first-order valence-electron chi connectivity index (χ1n) is 8.20. The van der Waals surface area contributed by atoms with E-state index >= 15 is 0 Å². The van der Waals surface area contributed by atoms with Gasteiger partial charge in [0.1, 0.15) is 5.75 Å². The molecule has 3 aromatic rings. The lowest BCUT2D eigenvalue weighted by atomic mass is 10.0. The quantitative estimate of drug-likeness (QED) is 0.494. The van der Waals surface area contributed by atoms with E-state index < -0.39 is 0 Å². The van der Waals surface area contributed by atoms with Crippen molar-refractivity contribution in [2.75, 3.05) is 0 Å². The molecule has 4 nitrogen and oxygen atoms in total. The van der Waals surface area contributed by atoms with E-state index in [-0.39, 0.29) is 5.97 Å². The van der Waals surface area contributed by atoms with Gasteiger partial charge in [0.25, 0.3) is 0 Å². The Hall–Kier alpha value is -3.27. The number of esters is 1. The van der Waals surface area contributed by atoms with Crippen molar-refractivity contribution in [3.8, 4) is 11.5 Å². The summed E-state index contributed by atoms with van der Waals surface area (Å²) in [6.45, 7) is 0. The number of hydrogen-bond acceptors (Lipinski definition) is 4. The van der Waals surface area contributed by atoms with Crippen LogP contribution in [0.15, 0.2) is 66.9 Å². The maximum absolute atomic E-state index is 11.2. The van der Waals surface area contributed by atoms with E-state index in [1.165, 1.54) is 0 Å². The zero-order chi connectivity index (χ0) is 17.1. The molecule has 124 valence electrons. The lowest BCUT2D eigenvalue weighted by molar-refractivity contribution is -0.135. The second kappa shape index (κ2) is 6.69. The molecule has 1 N–H and O–H groups in total. The summed E-state index contributed by atoms with van der Waals surface area (Å²) < 4.78 is 5.31. The summed E-state index contributed by atoms with van der Waals surface area (Å²) in [6, 6.07) is 19.9. The summed E-state index contributed by atoms with van der Waals surface area (Å²) in [5.41, 5.74) is 4.91. The van der Waals surface area contributed by atoms with E-state index in [1.54, 1.807) is 6.20 Å². The van der Waals surface area contributed by atoms with Crippen molar-refractivity contribution < 1.29 is 14.4 Å². The molecule has 0 aliphatic carbocycles. The van der Waals surface area contributed by atoms with Crippen LogP contribution in [0.25, 0.3) is 16.8 Å². The van der Waals surface area contributed by atoms with Crippen LogP contribution in [-0.2, 0) is 11.2 Å². The van der Waals surface area contributed by atoms with Gasteiger partial charge in [0.15, 0.2) is 5.75 Å². The van der Waals surface area contributed by atoms with Crippen LogP contribution in [-0.4, -0.2) is 5.97 Å². The summed E-state index contributed by atoms with van der Waals surface area (Å²) in [6.07, 6.45) is 5.02. The molecule has 25 heavy (non-hydrogen) atoms. The van der Waals surface area contributed by atoms with Gasteiger partial charge in [0.05, 0.1) is 6.42 Å². The Labute approximate surface area is 145 Å². The molecule has 0 aromatic heterocycles. The molecule has 3 aromatic carbocycles. The zero-order valence-electron chi connectivity index (χ0n) is 13.6. The largest absolute Gasteiger partial charge is 0.426 e. The fourth-order valence-corrected chi connectivity index (χ4v) is 2.94. The second-order valence-electron chi connectivity index (χ2n) is 5.84. The number of para-hydroxylation sites is 1. The number of fused-ring (bicyclic) bond motifs is 4. The highest BCUT2D eigenvalue weighted by atomic mass is 16.6. The molecule has 4 heteroatoms. The highest BCUT2D eigenvalue weighted by molar-refractivity contribution is 5.92. The van der Waals surface area contributed by atoms with Crippen LogP contribution < -0.4 is 15.1 Å². The van der Waals surface area contributed by atoms with Crippen LogP contribution >= 0.6 is 0 Å². The Balaban J connectivity index is 0.000000136. The minimum absolute atomic E-state index is 0.126. The van der Waals surface area contributed by atoms with Gasteiger partial charge in [0.2, 0.25) is 0 Å². The van der Waals surface area contributed by atoms with Gasteiger partial charge in [-0.3, -0.25) is 4.79 Å². The first kappa shape index (κ1) is 15.3. The number of carbonyl (C=O) groups is 1. The van der Waals surface area contributed by atoms with Gasteiger partial charge in [0, 0.05) is 17.1 Å². The van der Waals surface area contributed by atoms with Crippen LogP contribution in [0.3, 0.4) is 0 Å². The molecule has 5 rings (SSSR count). The minimum atomic E-state index is -0.126. The highest BCUT2D eigenvalue weighted by Crippen LogP contribution is 2.33. The standard InChI is InChI=1S/C13H10O2.C8H7NO/c14-12-8-7-10-6-5-9-3-1-2-4-11(9)13(10)15-12;1-2-4-8-7(3-1)5-6-9-10-8/h1-6H,7-8H2;1-6,9H.